The van der Waals surface area contributed by atoms with Gasteiger partial charge >= 0.3 is 11.9 Å². The highest BCUT2D eigenvalue weighted by molar-refractivity contribution is 5.86. The van der Waals surface area contributed by atoms with E-state index in [1.807, 2.05) is 30.5 Å². The summed E-state index contributed by atoms with van der Waals surface area (Å²) in [6, 6.07) is 7.50. The van der Waals surface area contributed by atoms with Crippen LogP contribution in [0, 0.1) is 5.41 Å². The molecule has 0 bridgehead atoms. The number of nitrogens with two attached hydrogens (primary N) is 1. The lowest BCUT2D eigenvalue weighted by Gasteiger charge is -2.39. The van der Waals surface area contributed by atoms with E-state index in [1.54, 1.807) is 43.5 Å². The Kier molecular flexibility index (Phi) is 5.86. The van der Waals surface area contributed by atoms with Gasteiger partial charge in [0, 0.05) is 31.2 Å². The van der Waals surface area contributed by atoms with Gasteiger partial charge in [-0.3, -0.25) is 19.7 Å². The second-order valence-corrected chi connectivity index (χ2v) is 9.20. The number of carbonyl (C=O) groups is 2. The van der Waals surface area contributed by atoms with E-state index in [0.29, 0.717) is 12.2 Å². The number of aliphatic carboxylic acids is 2. The van der Waals surface area contributed by atoms with Crippen LogP contribution in [0.4, 0.5) is 5.69 Å². The summed E-state index contributed by atoms with van der Waals surface area (Å²) in [6.07, 6.45) is 3.77. The minimum atomic E-state index is -1.51. The van der Waals surface area contributed by atoms with Gasteiger partial charge in [0.25, 0.3) is 0 Å². The molecule has 2 unspecified atom stereocenters. The van der Waals surface area contributed by atoms with Crippen molar-refractivity contribution in [2.75, 3.05) is 12.3 Å². The largest absolute Gasteiger partial charge is 0.480 e. The van der Waals surface area contributed by atoms with Crippen LogP contribution in [0.5, 0.6) is 0 Å². The van der Waals surface area contributed by atoms with Crippen LogP contribution in [0.15, 0.2) is 36.7 Å². The number of hydrogen-bond donors (Lipinski definition) is 4. The van der Waals surface area contributed by atoms with E-state index in [2.05, 4.69) is 10.4 Å². The quantitative estimate of drug-likeness (QED) is 0.491. The van der Waals surface area contributed by atoms with Crippen molar-refractivity contribution in [1.82, 2.24) is 20.0 Å². The highest BCUT2D eigenvalue weighted by Gasteiger charge is 2.63. The predicted octanol–water partition coefficient (Wildman–Crippen LogP) is 1.98. The number of benzene rings is 1. The zero-order valence-electron chi connectivity index (χ0n) is 18.4. The molecule has 1 fully saturated rings. The molecule has 2 atom stereocenters. The molecule has 1 aliphatic heterocycles. The molecule has 9 nitrogen and oxygen atoms in total. The summed E-state index contributed by atoms with van der Waals surface area (Å²) in [4.78, 5) is 26.4. The molecule has 2 heterocycles. The van der Waals surface area contributed by atoms with Crippen LogP contribution in [-0.4, -0.2) is 54.6 Å². The maximum atomic E-state index is 12.4. The first-order valence-electron chi connectivity index (χ1n) is 10.3. The molecule has 1 aromatic carbocycles. The van der Waals surface area contributed by atoms with E-state index < -0.39 is 28.6 Å². The zero-order chi connectivity index (χ0) is 23.0. The minimum absolute atomic E-state index is 0.0421. The Morgan fingerprint density at radius 1 is 1.23 bits per heavy atom. The van der Waals surface area contributed by atoms with Crippen LogP contribution in [-0.2, 0) is 22.7 Å². The van der Waals surface area contributed by atoms with E-state index in [1.165, 1.54) is 0 Å². The molecule has 168 valence electrons. The summed E-state index contributed by atoms with van der Waals surface area (Å²) in [6.45, 7) is 7.98. The maximum Gasteiger partial charge on any atom is 0.339 e. The normalized spacial score (nSPS) is 24.4. The molecule has 0 saturated carbocycles. The SMILES string of the molecule is CCC1(C(=O)O)NC(C(=O)O)(C(C)(C)C)CN1Cc1ccc(Cn2cccn2)cc1N. The van der Waals surface area contributed by atoms with Gasteiger partial charge in [-0.1, -0.05) is 39.8 Å². The number of rotatable bonds is 7. The second-order valence-electron chi connectivity index (χ2n) is 9.20. The molecule has 0 spiro atoms. The molecule has 1 aliphatic rings. The lowest BCUT2D eigenvalue weighted by atomic mass is 9.73. The number of hydrogen-bond acceptors (Lipinski definition) is 6. The van der Waals surface area contributed by atoms with Gasteiger partial charge in [-0.15, -0.1) is 0 Å². The summed E-state index contributed by atoms with van der Waals surface area (Å²) < 4.78 is 1.79. The first-order valence-corrected chi connectivity index (χ1v) is 10.3. The second kappa shape index (κ2) is 7.97. The third kappa shape index (κ3) is 3.90. The fourth-order valence-corrected chi connectivity index (χ4v) is 4.28. The Balaban J connectivity index is 1.94. The van der Waals surface area contributed by atoms with Crippen LogP contribution in [0.3, 0.4) is 0 Å². The van der Waals surface area contributed by atoms with Crippen LogP contribution >= 0.6 is 0 Å². The molecule has 5 N–H and O–H groups in total. The topological polar surface area (TPSA) is 134 Å². The van der Waals surface area contributed by atoms with E-state index in [0.717, 1.165) is 11.1 Å². The molecule has 1 saturated heterocycles. The highest BCUT2D eigenvalue weighted by Crippen LogP contribution is 2.42. The molecular weight excluding hydrogens is 398 g/mol. The van der Waals surface area contributed by atoms with Crippen molar-refractivity contribution in [2.24, 2.45) is 5.41 Å². The third-order valence-electron chi connectivity index (χ3n) is 6.37. The van der Waals surface area contributed by atoms with Gasteiger partial charge in [-0.05, 0) is 35.1 Å². The molecule has 0 radical (unpaired) electrons. The zero-order valence-corrected chi connectivity index (χ0v) is 18.4. The van der Waals surface area contributed by atoms with Gasteiger partial charge in [0.1, 0.15) is 5.54 Å². The fraction of sp³-hybridized carbons (Fsp3) is 0.500. The van der Waals surface area contributed by atoms with E-state index >= 15 is 0 Å². The van der Waals surface area contributed by atoms with Crippen molar-refractivity contribution < 1.29 is 19.8 Å². The highest BCUT2D eigenvalue weighted by atomic mass is 16.4. The van der Waals surface area contributed by atoms with Gasteiger partial charge < -0.3 is 15.9 Å². The van der Waals surface area contributed by atoms with Crippen molar-refractivity contribution >= 4 is 17.6 Å². The van der Waals surface area contributed by atoms with Crippen LogP contribution in [0.2, 0.25) is 0 Å². The molecular formula is C22H31N5O4. The molecule has 2 aromatic rings. The van der Waals surface area contributed by atoms with Gasteiger partial charge in [0.15, 0.2) is 5.66 Å². The molecule has 3 rings (SSSR count). The average Bonchev–Trinajstić information content (AvgIpc) is 3.30. The summed E-state index contributed by atoms with van der Waals surface area (Å²) >= 11 is 0. The molecule has 0 aliphatic carbocycles. The van der Waals surface area contributed by atoms with Crippen LogP contribution in [0.25, 0.3) is 0 Å². The van der Waals surface area contributed by atoms with Crippen LogP contribution < -0.4 is 11.1 Å². The molecule has 9 heteroatoms. The molecule has 0 amide bonds. The van der Waals surface area contributed by atoms with Crippen LogP contribution in [0.1, 0.15) is 45.2 Å². The lowest BCUT2D eigenvalue weighted by Crippen LogP contribution is -2.65. The number of carboxylic acid groups (broad SMARTS) is 2. The smallest absolute Gasteiger partial charge is 0.339 e. The lowest BCUT2D eigenvalue weighted by molar-refractivity contribution is -0.153. The number of aromatic nitrogens is 2. The number of nitrogen functional groups attached to an aromatic ring is 1. The van der Waals surface area contributed by atoms with Crippen molar-refractivity contribution in [3.05, 3.63) is 47.8 Å². The average molecular weight is 430 g/mol. The Morgan fingerprint density at radius 2 is 1.94 bits per heavy atom. The van der Waals surface area contributed by atoms with Gasteiger partial charge in [0.05, 0.1) is 6.54 Å². The maximum absolute atomic E-state index is 12.4. The fourth-order valence-electron chi connectivity index (χ4n) is 4.28. The summed E-state index contributed by atoms with van der Waals surface area (Å²) in [5.41, 5.74) is 4.91. The molecule has 31 heavy (non-hydrogen) atoms. The Hall–Kier alpha value is -2.91. The monoisotopic (exact) mass is 429 g/mol. The Morgan fingerprint density at radius 3 is 2.42 bits per heavy atom. The number of carboxylic acids is 2. The Labute approximate surface area is 181 Å². The van der Waals surface area contributed by atoms with E-state index in [9.17, 15) is 19.8 Å². The summed E-state index contributed by atoms with van der Waals surface area (Å²) in [5, 5.41) is 27.4. The minimum Gasteiger partial charge on any atom is -0.480 e. The first kappa shape index (κ1) is 22.8. The van der Waals surface area contributed by atoms with Gasteiger partial charge in [-0.25, -0.2) is 4.79 Å². The number of anilines is 1. The summed E-state index contributed by atoms with van der Waals surface area (Å²) in [5.74, 6) is -2.17. The predicted molar refractivity (Wildman–Crippen MR) is 116 cm³/mol. The van der Waals surface area contributed by atoms with Crippen molar-refractivity contribution in [3.63, 3.8) is 0 Å². The van der Waals surface area contributed by atoms with Crippen molar-refractivity contribution in [1.29, 1.82) is 0 Å². The third-order valence-corrected chi connectivity index (χ3v) is 6.37. The van der Waals surface area contributed by atoms with E-state index in [4.69, 9.17) is 5.73 Å². The van der Waals surface area contributed by atoms with Crippen molar-refractivity contribution in [2.45, 2.75) is 58.4 Å². The van der Waals surface area contributed by atoms with E-state index in [-0.39, 0.29) is 19.5 Å². The number of nitrogens with one attached hydrogen (secondary N) is 1. The van der Waals surface area contributed by atoms with Gasteiger partial charge in [0.2, 0.25) is 0 Å². The van der Waals surface area contributed by atoms with Crippen molar-refractivity contribution in [3.8, 4) is 0 Å². The first-order chi connectivity index (χ1) is 14.4. The Bertz CT molecular complexity index is 969. The molecule has 1 aromatic heterocycles. The van der Waals surface area contributed by atoms with Gasteiger partial charge in [-0.2, -0.15) is 5.10 Å². The standard InChI is InChI=1S/C22H31N5O4/c1-5-22(19(30)31)25-21(18(28)29,20(2,3)4)14-26(22)13-16-8-7-15(11-17(16)23)12-27-10-6-9-24-27/h6-11,25H,5,12-14,23H2,1-4H3,(H,28,29)(H,30,31). The summed E-state index contributed by atoms with van der Waals surface area (Å²) in [7, 11) is 0. The number of nitrogens with zero attached hydrogens (tertiary/aromatic N) is 3.